The van der Waals surface area contributed by atoms with Crippen molar-refractivity contribution in [2.24, 2.45) is 0 Å². The van der Waals surface area contributed by atoms with Crippen molar-refractivity contribution in [3.05, 3.63) is 0 Å². The molecule has 0 aromatic carbocycles. The highest BCUT2D eigenvalue weighted by molar-refractivity contribution is 5.77. The molecule has 0 spiro atoms. The first-order valence-electron chi connectivity index (χ1n) is 11.3. The second kappa shape index (κ2) is 11.3. The minimum absolute atomic E-state index is 0.0691. The monoisotopic (exact) mass is 366 g/mol. The lowest BCUT2D eigenvalue weighted by Crippen LogP contribution is -2.59. The highest BCUT2D eigenvalue weighted by atomic mass is 16.2. The van der Waals surface area contributed by atoms with Gasteiger partial charge in [-0.1, -0.05) is 64.7 Å². The molecule has 0 aromatic rings. The van der Waals surface area contributed by atoms with Gasteiger partial charge < -0.3 is 10.2 Å². The molecule has 1 N–H and O–H groups in total. The van der Waals surface area contributed by atoms with E-state index < -0.39 is 0 Å². The molecule has 1 unspecified atom stereocenters. The summed E-state index contributed by atoms with van der Waals surface area (Å²) in [4.78, 5) is 14.9. The van der Waals surface area contributed by atoms with Gasteiger partial charge in [0.1, 0.15) is 0 Å². The van der Waals surface area contributed by atoms with Crippen molar-refractivity contribution in [3.63, 3.8) is 0 Å². The van der Waals surface area contributed by atoms with Crippen LogP contribution in [0.25, 0.3) is 0 Å². The summed E-state index contributed by atoms with van der Waals surface area (Å²) in [5, 5.41) is 3.68. The van der Waals surface area contributed by atoms with E-state index in [9.17, 15) is 4.79 Å². The predicted octanol–water partition coefficient (Wildman–Crippen LogP) is 6.07. The third kappa shape index (κ3) is 9.39. The van der Waals surface area contributed by atoms with Crippen LogP contribution in [0.1, 0.15) is 119 Å². The maximum Gasteiger partial charge on any atom is 0.224 e. The Kier molecular flexibility index (Phi) is 10.2. The van der Waals surface area contributed by atoms with Crippen molar-refractivity contribution in [1.82, 2.24) is 10.2 Å². The van der Waals surface area contributed by atoms with E-state index in [0.29, 0.717) is 18.4 Å². The van der Waals surface area contributed by atoms with Gasteiger partial charge in [0, 0.05) is 30.1 Å². The van der Waals surface area contributed by atoms with Crippen LogP contribution in [0.15, 0.2) is 0 Å². The molecule has 154 valence electrons. The largest absolute Gasteiger partial charge is 0.340 e. The molecule has 0 bridgehead atoms. The van der Waals surface area contributed by atoms with Crippen LogP contribution in [-0.2, 0) is 4.79 Å². The number of amides is 1. The number of carbonyl (C=O) groups is 1. The Morgan fingerprint density at radius 3 is 1.92 bits per heavy atom. The average molecular weight is 367 g/mol. The molecule has 3 nitrogen and oxygen atoms in total. The molecule has 1 rings (SSSR count). The van der Waals surface area contributed by atoms with E-state index in [-0.39, 0.29) is 11.1 Å². The molecule has 1 aliphatic rings. The van der Waals surface area contributed by atoms with Crippen molar-refractivity contribution in [3.8, 4) is 0 Å². The van der Waals surface area contributed by atoms with Crippen molar-refractivity contribution in [2.75, 3.05) is 6.54 Å². The Balaban J connectivity index is 2.30. The fourth-order valence-corrected chi connectivity index (χ4v) is 4.70. The van der Waals surface area contributed by atoms with Gasteiger partial charge in [-0.15, -0.1) is 0 Å². The fourth-order valence-electron chi connectivity index (χ4n) is 4.70. The number of unbranched alkanes of at least 4 members (excludes halogenated alkanes) is 9. The predicted molar refractivity (Wildman–Crippen MR) is 114 cm³/mol. The summed E-state index contributed by atoms with van der Waals surface area (Å²) < 4.78 is 0. The van der Waals surface area contributed by atoms with Gasteiger partial charge in [0.15, 0.2) is 0 Å². The lowest BCUT2D eigenvalue weighted by molar-refractivity contribution is -0.136. The van der Waals surface area contributed by atoms with Gasteiger partial charge in [-0.25, -0.2) is 0 Å². The van der Waals surface area contributed by atoms with E-state index in [1.807, 2.05) is 0 Å². The van der Waals surface area contributed by atoms with Crippen LogP contribution >= 0.6 is 0 Å². The average Bonchev–Trinajstić information content (AvgIpc) is 2.49. The van der Waals surface area contributed by atoms with E-state index in [2.05, 4.69) is 51.8 Å². The van der Waals surface area contributed by atoms with Gasteiger partial charge in [0.05, 0.1) is 0 Å². The van der Waals surface area contributed by atoms with Crippen LogP contribution in [0.5, 0.6) is 0 Å². The summed E-state index contributed by atoms with van der Waals surface area (Å²) in [5.74, 6) is 0.321. The summed E-state index contributed by atoms with van der Waals surface area (Å²) in [6, 6.07) is 0.319. The van der Waals surface area contributed by atoms with Crippen LogP contribution in [0, 0.1) is 0 Å². The molecule has 1 aliphatic heterocycles. The molecule has 1 atom stereocenters. The maximum atomic E-state index is 12.8. The van der Waals surface area contributed by atoms with Crippen molar-refractivity contribution >= 4 is 5.91 Å². The zero-order valence-electron chi connectivity index (χ0n) is 18.6. The van der Waals surface area contributed by atoms with Crippen LogP contribution in [0.3, 0.4) is 0 Å². The zero-order valence-corrected chi connectivity index (χ0v) is 18.6. The molecule has 0 aliphatic carbocycles. The number of rotatable bonds is 11. The van der Waals surface area contributed by atoms with Crippen LogP contribution in [0.2, 0.25) is 0 Å². The van der Waals surface area contributed by atoms with Gasteiger partial charge >= 0.3 is 0 Å². The Labute approximate surface area is 163 Å². The minimum atomic E-state index is -0.128. The second-order valence-electron chi connectivity index (χ2n) is 9.89. The standard InChI is InChI=1S/C23H46N2O/c1-7-8-9-10-11-12-13-14-15-16-17-25-20(2)18-22(3,4)24-23(5,6)19-21(25)26/h20,24H,7-19H2,1-6H3. The van der Waals surface area contributed by atoms with Gasteiger partial charge in [-0.05, 0) is 47.5 Å². The normalized spacial score (nSPS) is 22.9. The topological polar surface area (TPSA) is 32.3 Å². The molecule has 0 aromatic heterocycles. The van der Waals surface area contributed by atoms with E-state index in [1.165, 1.54) is 57.8 Å². The molecular formula is C23H46N2O. The Morgan fingerprint density at radius 2 is 1.38 bits per heavy atom. The third-order valence-corrected chi connectivity index (χ3v) is 5.68. The number of nitrogens with zero attached hydrogens (tertiary/aromatic N) is 1. The number of hydrogen-bond acceptors (Lipinski definition) is 2. The molecule has 1 saturated heterocycles. The van der Waals surface area contributed by atoms with E-state index >= 15 is 0 Å². The Morgan fingerprint density at radius 1 is 0.885 bits per heavy atom. The van der Waals surface area contributed by atoms with Crippen molar-refractivity contribution < 1.29 is 4.79 Å². The summed E-state index contributed by atoms with van der Waals surface area (Å²) in [6.45, 7) is 14.3. The van der Waals surface area contributed by atoms with Gasteiger partial charge in [-0.3, -0.25) is 4.79 Å². The SMILES string of the molecule is CCCCCCCCCCCCN1C(=O)CC(C)(C)NC(C)(C)CC1C. The summed E-state index contributed by atoms with van der Waals surface area (Å²) >= 11 is 0. The third-order valence-electron chi connectivity index (χ3n) is 5.68. The molecule has 1 fully saturated rings. The first kappa shape index (κ1) is 23.5. The molecule has 26 heavy (non-hydrogen) atoms. The van der Waals surface area contributed by atoms with Crippen LogP contribution < -0.4 is 5.32 Å². The Hall–Kier alpha value is -0.570. The lowest BCUT2D eigenvalue weighted by Gasteiger charge is -2.45. The quantitative estimate of drug-likeness (QED) is 0.450. The van der Waals surface area contributed by atoms with Gasteiger partial charge in [0.25, 0.3) is 0 Å². The molecule has 3 heteroatoms. The Bertz CT molecular complexity index is 403. The van der Waals surface area contributed by atoms with E-state index in [1.54, 1.807) is 0 Å². The molecular weight excluding hydrogens is 320 g/mol. The fraction of sp³-hybridized carbons (Fsp3) is 0.957. The minimum Gasteiger partial charge on any atom is -0.340 e. The molecule has 1 heterocycles. The first-order chi connectivity index (χ1) is 12.2. The number of carbonyl (C=O) groups excluding carboxylic acids is 1. The molecule has 0 radical (unpaired) electrons. The first-order valence-corrected chi connectivity index (χ1v) is 11.3. The van der Waals surface area contributed by atoms with Crippen molar-refractivity contribution in [1.29, 1.82) is 0 Å². The van der Waals surface area contributed by atoms with Gasteiger partial charge in [-0.2, -0.15) is 0 Å². The summed E-state index contributed by atoms with van der Waals surface area (Å²) in [6.07, 6.45) is 15.0. The van der Waals surface area contributed by atoms with E-state index in [4.69, 9.17) is 0 Å². The number of hydrogen-bond donors (Lipinski definition) is 1. The lowest BCUT2D eigenvalue weighted by atomic mass is 9.86. The van der Waals surface area contributed by atoms with Crippen LogP contribution in [-0.4, -0.2) is 34.5 Å². The zero-order chi connectivity index (χ0) is 19.6. The van der Waals surface area contributed by atoms with Crippen molar-refractivity contribution in [2.45, 2.75) is 136 Å². The van der Waals surface area contributed by atoms with E-state index in [0.717, 1.165) is 19.4 Å². The molecule has 0 saturated carbocycles. The highest BCUT2D eigenvalue weighted by Gasteiger charge is 2.37. The van der Waals surface area contributed by atoms with Gasteiger partial charge in [0.2, 0.25) is 5.91 Å². The smallest absolute Gasteiger partial charge is 0.224 e. The summed E-state index contributed by atoms with van der Waals surface area (Å²) in [7, 11) is 0. The molecule has 1 amide bonds. The maximum absolute atomic E-state index is 12.8. The highest BCUT2D eigenvalue weighted by Crippen LogP contribution is 2.26. The van der Waals surface area contributed by atoms with Crippen LogP contribution in [0.4, 0.5) is 0 Å². The second-order valence-corrected chi connectivity index (χ2v) is 9.89. The summed E-state index contributed by atoms with van der Waals surface area (Å²) in [5.41, 5.74) is -0.0591. The number of nitrogens with one attached hydrogen (secondary N) is 1.